The molecule has 0 aliphatic carbocycles. The van der Waals surface area contributed by atoms with Gasteiger partial charge in [-0.15, -0.1) is 0 Å². The second kappa shape index (κ2) is 3.03. The highest BCUT2D eigenvalue weighted by molar-refractivity contribution is 5.96. The Hall–Kier alpha value is -2.03. The summed E-state index contributed by atoms with van der Waals surface area (Å²) in [5.74, 6) is -0.888. The molecule has 0 aliphatic heterocycles. The van der Waals surface area contributed by atoms with Gasteiger partial charge in [-0.05, 0) is 23.6 Å². The molecule has 2 rings (SSSR count). The van der Waals surface area contributed by atoms with Crippen molar-refractivity contribution in [1.29, 1.82) is 0 Å². The van der Waals surface area contributed by atoms with E-state index in [1.165, 1.54) is 18.2 Å². The highest BCUT2D eigenvalue weighted by Gasteiger charge is 2.05. The molecule has 3 nitrogen and oxygen atoms in total. The first kappa shape index (κ1) is 8.56. The summed E-state index contributed by atoms with van der Waals surface area (Å²) < 4.78 is 0. The average Bonchev–Trinajstić information content (AvgIpc) is 2.18. The van der Waals surface area contributed by atoms with Gasteiger partial charge in [0.15, 0.2) is 0 Å². The zero-order chi connectivity index (χ0) is 10.1. The van der Waals surface area contributed by atoms with Crippen molar-refractivity contribution in [3.63, 3.8) is 0 Å². The van der Waals surface area contributed by atoms with Gasteiger partial charge in [0.25, 0.3) is 0 Å². The van der Waals surface area contributed by atoms with Crippen LogP contribution in [0.5, 0.6) is 5.75 Å². The average molecular weight is 188 g/mol. The van der Waals surface area contributed by atoms with Crippen LogP contribution in [0.3, 0.4) is 0 Å². The van der Waals surface area contributed by atoms with Crippen LogP contribution in [0.4, 0.5) is 0 Å². The predicted molar refractivity (Wildman–Crippen MR) is 52.6 cm³/mol. The van der Waals surface area contributed by atoms with Gasteiger partial charge in [-0.1, -0.05) is 18.2 Å². The Morgan fingerprint density at radius 2 is 1.93 bits per heavy atom. The Bertz CT molecular complexity index is 503. The summed E-state index contributed by atoms with van der Waals surface area (Å²) in [5.41, 5.74) is 0.180. The molecule has 0 saturated carbocycles. The van der Waals surface area contributed by atoms with Gasteiger partial charge in [-0.25, -0.2) is 4.79 Å². The number of phenols is 1. The quantitative estimate of drug-likeness (QED) is 0.721. The van der Waals surface area contributed by atoms with Crippen molar-refractivity contribution < 1.29 is 15.0 Å². The molecule has 0 aliphatic rings. The smallest absolute Gasteiger partial charge is 0.335 e. The predicted octanol–water partition coefficient (Wildman–Crippen LogP) is 2.24. The van der Waals surface area contributed by atoms with E-state index in [0.717, 1.165) is 5.39 Å². The molecule has 0 spiro atoms. The van der Waals surface area contributed by atoms with Gasteiger partial charge in [0.2, 0.25) is 0 Å². The number of rotatable bonds is 1. The lowest BCUT2D eigenvalue weighted by Gasteiger charge is -2.01. The minimum atomic E-state index is -0.991. The number of carboxylic acids is 1. The van der Waals surface area contributed by atoms with E-state index in [4.69, 9.17) is 5.11 Å². The summed E-state index contributed by atoms with van der Waals surface area (Å²) in [5, 5.41) is 19.6. The number of hydrogen-bond acceptors (Lipinski definition) is 2. The lowest BCUT2D eigenvalue weighted by Crippen LogP contribution is -1.95. The Labute approximate surface area is 80.2 Å². The summed E-state index contributed by atoms with van der Waals surface area (Å²) >= 11 is 0. The molecule has 0 fully saturated rings. The van der Waals surface area contributed by atoms with E-state index in [2.05, 4.69) is 0 Å². The number of hydrogen-bond donors (Lipinski definition) is 2. The second-order valence-electron chi connectivity index (χ2n) is 3.02. The monoisotopic (exact) mass is 188 g/mol. The number of aromatic hydroxyl groups is 1. The van der Waals surface area contributed by atoms with Gasteiger partial charge in [0.05, 0.1) is 5.56 Å². The van der Waals surface area contributed by atoms with Gasteiger partial charge < -0.3 is 10.2 Å². The topological polar surface area (TPSA) is 57.5 Å². The van der Waals surface area contributed by atoms with Crippen LogP contribution in [0.2, 0.25) is 0 Å². The van der Waals surface area contributed by atoms with Gasteiger partial charge in [0, 0.05) is 5.39 Å². The normalized spacial score (nSPS) is 10.3. The van der Waals surface area contributed by atoms with Crippen molar-refractivity contribution in [3.05, 3.63) is 42.0 Å². The highest BCUT2D eigenvalue weighted by Crippen LogP contribution is 2.25. The maximum Gasteiger partial charge on any atom is 0.335 e. The number of carboxylic acid groups (broad SMARTS) is 1. The number of phenolic OH excluding ortho intramolecular Hbond substituents is 1. The third kappa shape index (κ3) is 1.29. The first-order valence-electron chi connectivity index (χ1n) is 4.13. The van der Waals surface area contributed by atoms with E-state index in [0.29, 0.717) is 5.39 Å². The van der Waals surface area contributed by atoms with Gasteiger partial charge in [0.1, 0.15) is 5.75 Å². The van der Waals surface area contributed by atoms with E-state index in [1.54, 1.807) is 12.1 Å². The minimum absolute atomic E-state index is 0.102. The molecule has 0 atom stereocenters. The molecule has 2 N–H and O–H groups in total. The molecule has 2 aromatic rings. The number of benzene rings is 2. The number of aromatic carboxylic acids is 1. The fraction of sp³-hybridized carbons (Fsp3) is 0. The largest absolute Gasteiger partial charge is 0.507 e. The molecule has 0 unspecified atom stereocenters. The second-order valence-corrected chi connectivity index (χ2v) is 3.02. The summed E-state index contributed by atoms with van der Waals surface area (Å²) in [6.45, 7) is 0. The molecule has 2 aromatic carbocycles. The first-order chi connectivity index (χ1) is 6.68. The molecule has 14 heavy (non-hydrogen) atoms. The number of carbonyl (C=O) groups is 1. The minimum Gasteiger partial charge on any atom is -0.507 e. The van der Waals surface area contributed by atoms with Gasteiger partial charge in [-0.2, -0.15) is 0 Å². The van der Waals surface area contributed by atoms with Gasteiger partial charge in [-0.3, -0.25) is 0 Å². The molecular weight excluding hydrogens is 180 g/mol. The SMILES string of the molecule is O=C(O)c1ccc2cccc(O)c2c1. The van der Waals surface area contributed by atoms with E-state index in [1.807, 2.05) is 6.07 Å². The van der Waals surface area contributed by atoms with Crippen LogP contribution in [0.1, 0.15) is 10.4 Å². The zero-order valence-electron chi connectivity index (χ0n) is 7.27. The van der Waals surface area contributed by atoms with E-state index < -0.39 is 5.97 Å². The molecule has 0 amide bonds. The van der Waals surface area contributed by atoms with Crippen LogP contribution in [0.25, 0.3) is 10.8 Å². The van der Waals surface area contributed by atoms with Crippen LogP contribution < -0.4 is 0 Å². The lowest BCUT2D eigenvalue weighted by atomic mass is 10.1. The summed E-state index contributed by atoms with van der Waals surface area (Å²) in [6.07, 6.45) is 0. The maximum absolute atomic E-state index is 10.7. The van der Waals surface area contributed by atoms with Crippen LogP contribution in [-0.4, -0.2) is 16.2 Å². The molecule has 0 aromatic heterocycles. The maximum atomic E-state index is 10.7. The van der Waals surface area contributed by atoms with E-state index >= 15 is 0 Å². The third-order valence-electron chi connectivity index (χ3n) is 2.11. The van der Waals surface area contributed by atoms with Crippen LogP contribution in [0.15, 0.2) is 36.4 Å². The van der Waals surface area contributed by atoms with E-state index in [-0.39, 0.29) is 11.3 Å². The fourth-order valence-corrected chi connectivity index (χ4v) is 1.39. The van der Waals surface area contributed by atoms with Crippen molar-refractivity contribution >= 4 is 16.7 Å². The summed E-state index contributed by atoms with van der Waals surface area (Å²) in [6, 6.07) is 9.74. The third-order valence-corrected chi connectivity index (χ3v) is 2.11. The van der Waals surface area contributed by atoms with Crippen molar-refractivity contribution in [2.45, 2.75) is 0 Å². The zero-order valence-corrected chi connectivity index (χ0v) is 7.27. The Balaban J connectivity index is 2.76. The van der Waals surface area contributed by atoms with Crippen molar-refractivity contribution in [2.75, 3.05) is 0 Å². The van der Waals surface area contributed by atoms with Crippen molar-refractivity contribution in [3.8, 4) is 5.75 Å². The van der Waals surface area contributed by atoms with Gasteiger partial charge >= 0.3 is 5.97 Å². The Morgan fingerprint density at radius 3 is 2.64 bits per heavy atom. The standard InChI is InChI=1S/C11H8O3/c12-10-3-1-2-7-4-5-8(11(13)14)6-9(7)10/h1-6,12H,(H,13,14). The molecule has 70 valence electrons. The fourth-order valence-electron chi connectivity index (χ4n) is 1.39. The molecule has 0 bridgehead atoms. The van der Waals surface area contributed by atoms with Crippen LogP contribution >= 0.6 is 0 Å². The highest BCUT2D eigenvalue weighted by atomic mass is 16.4. The molecule has 3 heteroatoms. The number of fused-ring (bicyclic) bond motifs is 1. The van der Waals surface area contributed by atoms with Crippen molar-refractivity contribution in [1.82, 2.24) is 0 Å². The first-order valence-corrected chi connectivity index (χ1v) is 4.13. The summed E-state index contributed by atoms with van der Waals surface area (Å²) in [7, 11) is 0. The Kier molecular flexibility index (Phi) is 1.85. The van der Waals surface area contributed by atoms with Crippen molar-refractivity contribution in [2.24, 2.45) is 0 Å². The van der Waals surface area contributed by atoms with E-state index in [9.17, 15) is 9.90 Å². The summed E-state index contributed by atoms with van der Waals surface area (Å²) in [4.78, 5) is 10.7. The molecule has 0 saturated heterocycles. The van der Waals surface area contributed by atoms with Crippen LogP contribution in [0, 0.1) is 0 Å². The molecule has 0 heterocycles. The molecule has 0 radical (unpaired) electrons. The lowest BCUT2D eigenvalue weighted by molar-refractivity contribution is 0.0697. The van der Waals surface area contributed by atoms with Crippen LogP contribution in [-0.2, 0) is 0 Å². The molecular formula is C11H8O3. The Morgan fingerprint density at radius 1 is 1.14 bits per heavy atom.